The van der Waals surface area contributed by atoms with E-state index in [0.29, 0.717) is 30.4 Å². The van der Waals surface area contributed by atoms with Crippen molar-refractivity contribution in [3.63, 3.8) is 0 Å². The van der Waals surface area contributed by atoms with Crippen molar-refractivity contribution >= 4 is 11.8 Å². The minimum Gasteiger partial charge on any atom is -0.492 e. The maximum absolute atomic E-state index is 10.6. The zero-order valence-electron chi connectivity index (χ0n) is 13.8. The van der Waals surface area contributed by atoms with Crippen molar-refractivity contribution in [1.82, 2.24) is 9.80 Å². The van der Waals surface area contributed by atoms with Crippen LogP contribution in [0.5, 0.6) is 11.5 Å². The number of benzene rings is 1. The number of ether oxygens (including phenoxy) is 2. The quantitative estimate of drug-likeness (QED) is 0.488. The maximum Gasteiger partial charge on any atom is 0.240 e. The highest BCUT2D eigenvalue weighted by Gasteiger charge is 2.06. The molecule has 0 atom stereocenters. The summed E-state index contributed by atoms with van der Waals surface area (Å²) < 4.78 is 11.3. The number of hydrogen-bond acceptors (Lipinski definition) is 6. The predicted octanol–water partition coefficient (Wildman–Crippen LogP) is 1.92. The van der Waals surface area contributed by atoms with Crippen LogP contribution in [0.1, 0.15) is 6.92 Å². The predicted molar refractivity (Wildman–Crippen MR) is 86.9 cm³/mol. The molecule has 1 rings (SSSR count). The molecule has 0 amide bonds. The Morgan fingerprint density at radius 2 is 1.86 bits per heavy atom. The molecule has 0 fully saturated rings. The van der Waals surface area contributed by atoms with Crippen molar-refractivity contribution in [3.8, 4) is 11.5 Å². The molecule has 0 saturated carbocycles. The highest BCUT2D eigenvalue weighted by atomic mass is 16.5. The van der Waals surface area contributed by atoms with Crippen molar-refractivity contribution in [2.75, 3.05) is 54.0 Å². The van der Waals surface area contributed by atoms with E-state index in [4.69, 9.17) is 9.47 Å². The molecule has 0 aliphatic rings. The fraction of sp³-hybridized carbons (Fsp3) is 0.562. The van der Waals surface area contributed by atoms with Crippen LogP contribution >= 0.6 is 0 Å². The average molecular weight is 307 g/mol. The van der Waals surface area contributed by atoms with Crippen LogP contribution in [0.2, 0.25) is 0 Å². The molecule has 6 heteroatoms. The summed E-state index contributed by atoms with van der Waals surface area (Å²) in [6.45, 7) is 5.77. The molecular weight excluding hydrogens is 282 g/mol. The molecule has 0 N–H and O–H groups in total. The van der Waals surface area contributed by atoms with Gasteiger partial charge in [0, 0.05) is 19.2 Å². The summed E-state index contributed by atoms with van der Waals surface area (Å²) in [6, 6.07) is 5.28. The van der Waals surface area contributed by atoms with Gasteiger partial charge in [0.2, 0.25) is 6.08 Å². The van der Waals surface area contributed by atoms with Gasteiger partial charge in [-0.15, -0.1) is 0 Å². The third-order valence-corrected chi connectivity index (χ3v) is 3.17. The molecule has 0 saturated heterocycles. The average Bonchev–Trinajstić information content (AvgIpc) is 2.49. The van der Waals surface area contributed by atoms with Gasteiger partial charge in [0.1, 0.15) is 30.4 Å². The lowest BCUT2D eigenvalue weighted by atomic mass is 10.3. The van der Waals surface area contributed by atoms with Crippen LogP contribution in [0, 0.1) is 0 Å². The fourth-order valence-electron chi connectivity index (χ4n) is 1.66. The second-order valence-electron chi connectivity index (χ2n) is 5.23. The van der Waals surface area contributed by atoms with E-state index in [1.165, 1.54) is 0 Å². The standard InChI is InChI=1S/C16H25N3O3/c1-5-19(4)9-11-22-16-7-6-14(12-15(16)17-13-20)21-10-8-18(2)3/h6-7,12H,5,8-11H2,1-4H3. The molecule has 0 spiro atoms. The Kier molecular flexibility index (Phi) is 8.22. The minimum atomic E-state index is 0.441. The molecule has 0 bridgehead atoms. The van der Waals surface area contributed by atoms with E-state index in [1.54, 1.807) is 18.2 Å². The molecule has 0 heterocycles. The Balaban J connectivity index is 2.66. The number of hydrogen-bond donors (Lipinski definition) is 0. The van der Waals surface area contributed by atoms with E-state index >= 15 is 0 Å². The van der Waals surface area contributed by atoms with E-state index in [0.717, 1.165) is 19.6 Å². The first kappa shape index (κ1) is 18.2. The second kappa shape index (κ2) is 9.95. The van der Waals surface area contributed by atoms with Crippen LogP contribution in [0.25, 0.3) is 0 Å². The van der Waals surface area contributed by atoms with Crippen LogP contribution in [-0.2, 0) is 4.79 Å². The topological polar surface area (TPSA) is 54.4 Å². The number of likely N-dealkylation sites (N-methyl/N-ethyl adjacent to an activating group) is 2. The van der Waals surface area contributed by atoms with Crippen molar-refractivity contribution in [1.29, 1.82) is 0 Å². The first-order valence-corrected chi connectivity index (χ1v) is 7.37. The Morgan fingerprint density at radius 1 is 1.14 bits per heavy atom. The van der Waals surface area contributed by atoms with Gasteiger partial charge in [-0.3, -0.25) is 0 Å². The van der Waals surface area contributed by atoms with E-state index < -0.39 is 0 Å². The van der Waals surface area contributed by atoms with Gasteiger partial charge in [-0.2, -0.15) is 4.99 Å². The van der Waals surface area contributed by atoms with Gasteiger partial charge in [-0.1, -0.05) is 6.92 Å². The maximum atomic E-state index is 10.6. The summed E-state index contributed by atoms with van der Waals surface area (Å²) >= 11 is 0. The van der Waals surface area contributed by atoms with Crippen LogP contribution < -0.4 is 9.47 Å². The molecule has 0 aliphatic heterocycles. The zero-order chi connectivity index (χ0) is 16.4. The van der Waals surface area contributed by atoms with E-state index in [2.05, 4.69) is 16.8 Å². The van der Waals surface area contributed by atoms with Gasteiger partial charge < -0.3 is 19.3 Å². The number of carbonyl (C=O) groups excluding carboxylic acids is 1. The van der Waals surface area contributed by atoms with Crippen molar-refractivity contribution < 1.29 is 14.3 Å². The lowest BCUT2D eigenvalue weighted by Crippen LogP contribution is -2.23. The van der Waals surface area contributed by atoms with Gasteiger partial charge in [0.25, 0.3) is 0 Å². The minimum absolute atomic E-state index is 0.441. The Bertz CT molecular complexity index is 499. The fourth-order valence-corrected chi connectivity index (χ4v) is 1.66. The summed E-state index contributed by atoms with van der Waals surface area (Å²) in [5, 5.41) is 0. The molecule has 122 valence electrons. The van der Waals surface area contributed by atoms with Crippen LogP contribution in [0.4, 0.5) is 5.69 Å². The van der Waals surface area contributed by atoms with Crippen LogP contribution in [0.3, 0.4) is 0 Å². The number of aliphatic imine (C=N–C) groups is 1. The number of rotatable bonds is 10. The largest absolute Gasteiger partial charge is 0.492 e. The van der Waals surface area contributed by atoms with Crippen molar-refractivity contribution in [2.45, 2.75) is 6.92 Å². The Hall–Kier alpha value is -1.88. The van der Waals surface area contributed by atoms with E-state index in [-0.39, 0.29) is 0 Å². The van der Waals surface area contributed by atoms with E-state index in [9.17, 15) is 4.79 Å². The van der Waals surface area contributed by atoms with Gasteiger partial charge in [0.15, 0.2) is 0 Å². The van der Waals surface area contributed by atoms with Gasteiger partial charge in [0.05, 0.1) is 0 Å². The van der Waals surface area contributed by atoms with Crippen molar-refractivity contribution in [3.05, 3.63) is 18.2 Å². The molecule has 1 aromatic rings. The highest BCUT2D eigenvalue weighted by molar-refractivity contribution is 5.60. The number of isocyanates is 1. The third-order valence-electron chi connectivity index (χ3n) is 3.17. The SMILES string of the molecule is CCN(C)CCOc1ccc(OCCN(C)C)cc1N=C=O. The lowest BCUT2D eigenvalue weighted by Gasteiger charge is -2.15. The molecule has 1 aromatic carbocycles. The monoisotopic (exact) mass is 307 g/mol. The molecule has 22 heavy (non-hydrogen) atoms. The summed E-state index contributed by atoms with van der Waals surface area (Å²) in [4.78, 5) is 18.4. The summed E-state index contributed by atoms with van der Waals surface area (Å²) in [5.41, 5.74) is 0.441. The summed E-state index contributed by atoms with van der Waals surface area (Å²) in [6.07, 6.45) is 1.56. The molecule has 0 radical (unpaired) electrons. The van der Waals surface area contributed by atoms with E-state index in [1.807, 2.05) is 32.1 Å². The molecule has 0 aliphatic carbocycles. The highest BCUT2D eigenvalue weighted by Crippen LogP contribution is 2.31. The molecular formula is C16H25N3O3. The second-order valence-corrected chi connectivity index (χ2v) is 5.23. The Morgan fingerprint density at radius 3 is 2.50 bits per heavy atom. The van der Waals surface area contributed by atoms with Gasteiger partial charge in [-0.05, 0) is 39.8 Å². The molecule has 0 unspecified atom stereocenters. The first-order valence-electron chi connectivity index (χ1n) is 7.37. The number of nitrogens with zero attached hydrogens (tertiary/aromatic N) is 3. The van der Waals surface area contributed by atoms with Crippen LogP contribution in [-0.4, -0.2) is 69.9 Å². The van der Waals surface area contributed by atoms with Gasteiger partial charge in [-0.25, -0.2) is 4.79 Å². The van der Waals surface area contributed by atoms with Gasteiger partial charge >= 0.3 is 0 Å². The first-order chi connectivity index (χ1) is 10.6. The Labute approximate surface area is 132 Å². The lowest BCUT2D eigenvalue weighted by molar-refractivity contribution is 0.243. The smallest absolute Gasteiger partial charge is 0.240 e. The molecule has 0 aromatic heterocycles. The zero-order valence-corrected chi connectivity index (χ0v) is 13.8. The third kappa shape index (κ3) is 6.72. The van der Waals surface area contributed by atoms with Crippen molar-refractivity contribution in [2.24, 2.45) is 4.99 Å². The summed E-state index contributed by atoms with van der Waals surface area (Å²) in [7, 11) is 5.99. The van der Waals surface area contributed by atoms with Crippen LogP contribution in [0.15, 0.2) is 23.2 Å². The molecule has 6 nitrogen and oxygen atoms in total. The summed E-state index contributed by atoms with van der Waals surface area (Å²) in [5.74, 6) is 1.22. The normalized spacial score (nSPS) is 10.6.